The van der Waals surface area contributed by atoms with Crippen LogP contribution in [0.15, 0.2) is 54.1 Å². The van der Waals surface area contributed by atoms with E-state index in [9.17, 15) is 4.79 Å². The lowest BCUT2D eigenvalue weighted by Crippen LogP contribution is -2.42. The van der Waals surface area contributed by atoms with E-state index in [1.165, 1.54) is 12.7 Å². The average Bonchev–Trinajstić information content (AvgIpc) is 3.33. The zero-order valence-corrected chi connectivity index (χ0v) is 13.5. The molecule has 4 rings (SSSR count). The number of carbonyl (C=O) groups excluding carboxylic acids is 1. The fourth-order valence-electron chi connectivity index (χ4n) is 2.95. The van der Waals surface area contributed by atoms with Crippen LogP contribution in [0.1, 0.15) is 27.8 Å². The molecule has 4 heterocycles. The molecule has 0 radical (unpaired) electrons. The molecule has 8 nitrogen and oxygen atoms in total. The zero-order chi connectivity index (χ0) is 17.1. The summed E-state index contributed by atoms with van der Waals surface area (Å²) in [5.41, 5.74) is 2.34. The molecule has 25 heavy (non-hydrogen) atoms. The van der Waals surface area contributed by atoms with Crippen LogP contribution in [0.3, 0.4) is 0 Å². The van der Waals surface area contributed by atoms with E-state index in [1.807, 2.05) is 12.1 Å². The van der Waals surface area contributed by atoms with Gasteiger partial charge in [0.1, 0.15) is 6.26 Å². The molecule has 8 heteroatoms. The normalized spacial score (nSPS) is 16.6. The summed E-state index contributed by atoms with van der Waals surface area (Å²) in [5.74, 6) is -0.152. The van der Waals surface area contributed by atoms with Gasteiger partial charge in [0.2, 0.25) is 0 Å². The molecule has 1 aliphatic heterocycles. The molecular formula is C17H17N5O3. The number of fused-ring (bicyclic) bond motifs is 1. The summed E-state index contributed by atoms with van der Waals surface area (Å²) >= 11 is 0. The molecule has 1 aliphatic rings. The summed E-state index contributed by atoms with van der Waals surface area (Å²) in [6.07, 6.45) is 9.67. The van der Waals surface area contributed by atoms with Gasteiger partial charge in [-0.3, -0.25) is 9.78 Å². The van der Waals surface area contributed by atoms with Gasteiger partial charge in [0.05, 0.1) is 37.8 Å². The number of nitrogens with zero attached hydrogens (tertiary/aromatic N) is 5. The molecule has 3 aromatic heterocycles. The first-order valence-electron chi connectivity index (χ1n) is 7.96. The van der Waals surface area contributed by atoms with E-state index in [1.54, 1.807) is 29.8 Å². The second-order valence-electron chi connectivity index (χ2n) is 5.88. The molecule has 1 amide bonds. The molecule has 0 saturated carbocycles. The van der Waals surface area contributed by atoms with Gasteiger partial charge in [0.25, 0.3) is 5.91 Å². The van der Waals surface area contributed by atoms with Crippen molar-refractivity contribution in [3.63, 3.8) is 0 Å². The first kappa shape index (κ1) is 15.5. The molecule has 0 unspecified atom stereocenters. The van der Waals surface area contributed by atoms with Crippen molar-refractivity contribution in [2.24, 2.45) is 0 Å². The second kappa shape index (κ2) is 6.86. The molecule has 128 valence electrons. The number of hydrogen-bond acceptors (Lipinski definition) is 6. The zero-order valence-electron chi connectivity index (χ0n) is 13.5. The minimum absolute atomic E-state index is 0.00365. The van der Waals surface area contributed by atoms with Gasteiger partial charge in [-0.15, -0.1) is 0 Å². The summed E-state index contributed by atoms with van der Waals surface area (Å²) in [6, 6.07) is 3.84. The van der Waals surface area contributed by atoms with Crippen LogP contribution in [0.2, 0.25) is 0 Å². The quantitative estimate of drug-likeness (QED) is 0.703. The SMILES string of the molecule is O=C(c1cocn1)N1Cc2cncn2[C@@H](COCc2ccncc2)C1. The van der Waals surface area contributed by atoms with Gasteiger partial charge in [-0.2, -0.15) is 0 Å². The summed E-state index contributed by atoms with van der Waals surface area (Å²) in [7, 11) is 0. The van der Waals surface area contributed by atoms with Gasteiger partial charge in [-0.1, -0.05) is 0 Å². The predicted octanol–water partition coefficient (Wildman–Crippen LogP) is 1.68. The van der Waals surface area contributed by atoms with Gasteiger partial charge in [-0.25, -0.2) is 9.97 Å². The Hall–Kier alpha value is -3.00. The van der Waals surface area contributed by atoms with E-state index >= 15 is 0 Å². The van der Waals surface area contributed by atoms with Crippen LogP contribution in [0, 0.1) is 0 Å². The van der Waals surface area contributed by atoms with Gasteiger partial charge >= 0.3 is 0 Å². The lowest BCUT2D eigenvalue weighted by Gasteiger charge is -2.34. The number of oxazole rings is 1. The third-order valence-corrected chi connectivity index (χ3v) is 4.19. The van der Waals surface area contributed by atoms with E-state index in [0.717, 1.165) is 11.3 Å². The van der Waals surface area contributed by atoms with Gasteiger partial charge in [0.15, 0.2) is 12.1 Å². The van der Waals surface area contributed by atoms with E-state index in [4.69, 9.17) is 9.15 Å². The van der Waals surface area contributed by atoms with Crippen LogP contribution >= 0.6 is 0 Å². The number of rotatable bonds is 5. The molecule has 0 fully saturated rings. The fraction of sp³-hybridized carbons (Fsp3) is 0.294. The van der Waals surface area contributed by atoms with Crippen molar-refractivity contribution in [3.05, 3.63) is 66.7 Å². The second-order valence-corrected chi connectivity index (χ2v) is 5.88. The standard InChI is InChI=1S/C17H17N5O3/c23-17(16-10-25-12-20-16)21-6-14-5-19-11-22(14)15(7-21)9-24-8-13-1-3-18-4-2-13/h1-5,10-12,15H,6-9H2/t15-/m1/s1. The number of imidazole rings is 1. The Morgan fingerprint density at radius 2 is 2.20 bits per heavy atom. The van der Waals surface area contributed by atoms with Crippen molar-refractivity contribution in [2.45, 2.75) is 19.2 Å². The number of pyridine rings is 1. The number of amides is 1. The highest BCUT2D eigenvalue weighted by Gasteiger charge is 2.29. The smallest absolute Gasteiger partial charge is 0.276 e. The Morgan fingerprint density at radius 3 is 3.00 bits per heavy atom. The van der Waals surface area contributed by atoms with E-state index < -0.39 is 0 Å². The monoisotopic (exact) mass is 339 g/mol. The maximum Gasteiger partial charge on any atom is 0.276 e. The Morgan fingerprint density at radius 1 is 1.32 bits per heavy atom. The highest BCUT2D eigenvalue weighted by atomic mass is 16.5. The topological polar surface area (TPSA) is 86.3 Å². The highest BCUT2D eigenvalue weighted by molar-refractivity contribution is 5.91. The first-order chi connectivity index (χ1) is 12.3. The lowest BCUT2D eigenvalue weighted by atomic mass is 10.2. The molecular weight excluding hydrogens is 322 g/mol. The summed E-state index contributed by atoms with van der Waals surface area (Å²) < 4.78 is 12.8. The van der Waals surface area contributed by atoms with Crippen molar-refractivity contribution in [1.29, 1.82) is 0 Å². The molecule has 0 aromatic carbocycles. The van der Waals surface area contributed by atoms with Gasteiger partial charge < -0.3 is 18.6 Å². The van der Waals surface area contributed by atoms with Crippen molar-refractivity contribution < 1.29 is 13.9 Å². The maximum atomic E-state index is 12.6. The van der Waals surface area contributed by atoms with Crippen LogP contribution in [-0.4, -0.2) is 43.5 Å². The van der Waals surface area contributed by atoms with Crippen LogP contribution in [0.5, 0.6) is 0 Å². The Kier molecular flexibility index (Phi) is 4.26. The van der Waals surface area contributed by atoms with E-state index in [0.29, 0.717) is 32.0 Å². The minimum Gasteiger partial charge on any atom is -0.451 e. The summed E-state index contributed by atoms with van der Waals surface area (Å²) in [6.45, 7) is 2.01. The van der Waals surface area contributed by atoms with Gasteiger partial charge in [0, 0.05) is 25.1 Å². The predicted molar refractivity (Wildman–Crippen MR) is 86.4 cm³/mol. The van der Waals surface area contributed by atoms with Crippen LogP contribution in [-0.2, 0) is 17.9 Å². The van der Waals surface area contributed by atoms with Crippen LogP contribution in [0.4, 0.5) is 0 Å². The Balaban J connectivity index is 1.44. The van der Waals surface area contributed by atoms with Crippen molar-refractivity contribution in [1.82, 2.24) is 24.4 Å². The summed E-state index contributed by atoms with van der Waals surface area (Å²) in [4.78, 5) is 26.4. The molecule has 0 bridgehead atoms. The molecule has 0 spiro atoms. The van der Waals surface area contributed by atoms with Crippen LogP contribution < -0.4 is 0 Å². The van der Waals surface area contributed by atoms with E-state index in [2.05, 4.69) is 19.5 Å². The molecule has 1 atom stereocenters. The largest absolute Gasteiger partial charge is 0.451 e. The number of aromatic nitrogens is 4. The first-order valence-corrected chi connectivity index (χ1v) is 7.96. The fourth-order valence-corrected chi connectivity index (χ4v) is 2.95. The Labute approximate surface area is 144 Å². The summed E-state index contributed by atoms with van der Waals surface area (Å²) in [5, 5.41) is 0. The number of hydrogen-bond donors (Lipinski definition) is 0. The average molecular weight is 339 g/mol. The Bertz CT molecular complexity index is 831. The number of ether oxygens (including phenoxy) is 1. The highest BCUT2D eigenvalue weighted by Crippen LogP contribution is 2.23. The minimum atomic E-state index is -0.152. The molecule has 0 saturated heterocycles. The van der Waals surface area contributed by atoms with Crippen molar-refractivity contribution in [2.75, 3.05) is 13.2 Å². The van der Waals surface area contributed by atoms with Gasteiger partial charge in [-0.05, 0) is 17.7 Å². The maximum absolute atomic E-state index is 12.6. The molecule has 3 aromatic rings. The van der Waals surface area contributed by atoms with Crippen LogP contribution in [0.25, 0.3) is 0 Å². The third kappa shape index (κ3) is 3.29. The van der Waals surface area contributed by atoms with Crippen molar-refractivity contribution in [3.8, 4) is 0 Å². The lowest BCUT2D eigenvalue weighted by molar-refractivity contribution is 0.0477. The third-order valence-electron chi connectivity index (χ3n) is 4.19. The molecule has 0 N–H and O–H groups in total. The molecule has 0 aliphatic carbocycles. The van der Waals surface area contributed by atoms with Crippen molar-refractivity contribution >= 4 is 5.91 Å². The van der Waals surface area contributed by atoms with E-state index in [-0.39, 0.29) is 11.9 Å². The number of carbonyl (C=O) groups is 1.